The summed E-state index contributed by atoms with van der Waals surface area (Å²) in [4.78, 5) is 35.0. The van der Waals surface area contributed by atoms with E-state index in [1.165, 1.54) is 6.08 Å². The van der Waals surface area contributed by atoms with E-state index in [0.717, 1.165) is 47.6 Å². The molecule has 7 heteroatoms. The summed E-state index contributed by atoms with van der Waals surface area (Å²) in [7, 11) is 1.63. The minimum atomic E-state index is -0.113. The van der Waals surface area contributed by atoms with E-state index in [4.69, 9.17) is 4.98 Å². The minimum Gasteiger partial charge on any atom is -0.366 e. The fourth-order valence-corrected chi connectivity index (χ4v) is 3.95. The first kappa shape index (κ1) is 19.8. The third-order valence-electron chi connectivity index (χ3n) is 5.60. The molecule has 1 aromatic carbocycles. The molecule has 154 valence electrons. The standard InChI is InChI=1S/C23H25N5O2/c1-3-21(29)28-11-9-17(10-12-28)26-20-14-25-19-8-7-18(22(19)27-20)15-5-4-6-16(13-15)23(30)24-2/h3-7,13-14,17H,1,8-12H2,2H3,(H,24,30)(H,26,27). The van der Waals surface area contributed by atoms with Crippen LogP contribution in [-0.2, 0) is 11.2 Å². The van der Waals surface area contributed by atoms with E-state index in [1.54, 1.807) is 19.3 Å². The Hall–Kier alpha value is -3.48. The second-order valence-corrected chi connectivity index (χ2v) is 7.48. The van der Waals surface area contributed by atoms with E-state index in [-0.39, 0.29) is 17.9 Å². The van der Waals surface area contributed by atoms with Crippen LogP contribution in [0.1, 0.15) is 40.2 Å². The topological polar surface area (TPSA) is 87.2 Å². The van der Waals surface area contributed by atoms with Crippen LogP contribution < -0.4 is 10.6 Å². The normalized spacial score (nSPS) is 15.9. The molecular weight excluding hydrogens is 378 g/mol. The molecule has 0 saturated carbocycles. The smallest absolute Gasteiger partial charge is 0.251 e. The predicted octanol–water partition coefficient (Wildman–Crippen LogP) is 2.41. The van der Waals surface area contributed by atoms with Gasteiger partial charge in [-0.25, -0.2) is 4.98 Å². The number of fused-ring (bicyclic) bond motifs is 1. The fraction of sp³-hybridized carbons (Fsp3) is 0.304. The lowest BCUT2D eigenvalue weighted by Gasteiger charge is -2.32. The maximum Gasteiger partial charge on any atom is 0.251 e. The van der Waals surface area contributed by atoms with Crippen LogP contribution in [0, 0.1) is 0 Å². The van der Waals surface area contributed by atoms with Crippen molar-refractivity contribution in [3.8, 4) is 0 Å². The molecule has 2 amide bonds. The summed E-state index contributed by atoms with van der Waals surface area (Å²) in [5.74, 6) is 0.607. The first-order valence-corrected chi connectivity index (χ1v) is 10.2. The summed E-state index contributed by atoms with van der Waals surface area (Å²) < 4.78 is 0. The van der Waals surface area contributed by atoms with Crippen molar-refractivity contribution in [3.63, 3.8) is 0 Å². The number of carbonyl (C=O) groups is 2. The molecule has 7 nitrogen and oxygen atoms in total. The van der Waals surface area contributed by atoms with Crippen molar-refractivity contribution in [2.24, 2.45) is 0 Å². The molecule has 1 aliphatic carbocycles. The highest BCUT2D eigenvalue weighted by Crippen LogP contribution is 2.31. The van der Waals surface area contributed by atoms with Gasteiger partial charge < -0.3 is 15.5 Å². The van der Waals surface area contributed by atoms with Crippen molar-refractivity contribution < 1.29 is 9.59 Å². The number of amides is 2. The molecule has 2 N–H and O–H groups in total. The van der Waals surface area contributed by atoms with Crippen LogP contribution in [-0.4, -0.2) is 52.9 Å². The first-order chi connectivity index (χ1) is 14.6. The number of anilines is 1. The maximum atomic E-state index is 12.0. The highest BCUT2D eigenvalue weighted by Gasteiger charge is 2.23. The molecule has 2 aromatic rings. The van der Waals surface area contributed by atoms with Crippen LogP contribution in [0.25, 0.3) is 5.57 Å². The number of hydrogen-bond acceptors (Lipinski definition) is 5. The molecule has 1 aromatic heterocycles. The monoisotopic (exact) mass is 403 g/mol. The van der Waals surface area contributed by atoms with Crippen molar-refractivity contribution in [2.75, 3.05) is 25.5 Å². The number of nitrogens with zero attached hydrogens (tertiary/aromatic N) is 3. The highest BCUT2D eigenvalue weighted by atomic mass is 16.2. The van der Waals surface area contributed by atoms with Gasteiger partial charge >= 0.3 is 0 Å². The molecular formula is C23H25N5O2. The van der Waals surface area contributed by atoms with Crippen molar-refractivity contribution in [1.29, 1.82) is 0 Å². The molecule has 0 atom stereocenters. The molecule has 0 unspecified atom stereocenters. The average molecular weight is 403 g/mol. The maximum absolute atomic E-state index is 12.0. The largest absolute Gasteiger partial charge is 0.366 e. The Bertz CT molecular complexity index is 1020. The highest BCUT2D eigenvalue weighted by molar-refractivity contribution is 5.95. The molecule has 0 spiro atoms. The molecule has 2 heterocycles. The minimum absolute atomic E-state index is 0.0143. The van der Waals surface area contributed by atoms with E-state index in [2.05, 4.69) is 28.3 Å². The van der Waals surface area contributed by atoms with Gasteiger partial charge in [-0.2, -0.15) is 0 Å². The lowest BCUT2D eigenvalue weighted by atomic mass is 10.0. The molecule has 4 rings (SSSR count). The number of nitrogens with one attached hydrogen (secondary N) is 2. The van der Waals surface area contributed by atoms with Gasteiger partial charge in [-0.1, -0.05) is 24.8 Å². The van der Waals surface area contributed by atoms with Gasteiger partial charge in [0.25, 0.3) is 5.91 Å². The number of piperidine rings is 1. The van der Waals surface area contributed by atoms with Gasteiger partial charge in [-0.15, -0.1) is 0 Å². The number of allylic oxidation sites excluding steroid dienone is 1. The fourth-order valence-electron chi connectivity index (χ4n) is 3.95. The Labute approximate surface area is 175 Å². The molecule has 30 heavy (non-hydrogen) atoms. The number of benzene rings is 1. The van der Waals surface area contributed by atoms with Gasteiger partial charge in [0.2, 0.25) is 5.91 Å². The number of likely N-dealkylation sites (tertiary alicyclic amines) is 1. The Morgan fingerprint density at radius 2 is 2.07 bits per heavy atom. The summed E-state index contributed by atoms with van der Waals surface area (Å²) in [5, 5.41) is 6.13. The van der Waals surface area contributed by atoms with Crippen molar-refractivity contribution in [2.45, 2.75) is 25.3 Å². The van der Waals surface area contributed by atoms with E-state index >= 15 is 0 Å². The predicted molar refractivity (Wildman–Crippen MR) is 116 cm³/mol. The quantitative estimate of drug-likeness (QED) is 0.749. The lowest BCUT2D eigenvalue weighted by Crippen LogP contribution is -2.41. The van der Waals surface area contributed by atoms with Crippen LogP contribution in [0.15, 0.2) is 49.2 Å². The van der Waals surface area contributed by atoms with Gasteiger partial charge in [-0.05, 0) is 36.6 Å². The Balaban J connectivity index is 1.49. The third kappa shape index (κ3) is 3.96. The van der Waals surface area contributed by atoms with Gasteiger partial charge in [-0.3, -0.25) is 14.6 Å². The summed E-state index contributed by atoms with van der Waals surface area (Å²) in [6.45, 7) is 4.97. The summed E-state index contributed by atoms with van der Waals surface area (Å²) in [6.07, 6.45) is 7.69. The zero-order valence-corrected chi connectivity index (χ0v) is 17.0. The summed E-state index contributed by atoms with van der Waals surface area (Å²) >= 11 is 0. The molecule has 1 aliphatic heterocycles. The van der Waals surface area contributed by atoms with E-state index in [9.17, 15) is 9.59 Å². The van der Waals surface area contributed by atoms with Gasteiger partial charge in [0.1, 0.15) is 5.82 Å². The van der Waals surface area contributed by atoms with Crippen LogP contribution >= 0.6 is 0 Å². The van der Waals surface area contributed by atoms with Gasteiger partial charge in [0.05, 0.1) is 17.6 Å². The second-order valence-electron chi connectivity index (χ2n) is 7.48. The van der Waals surface area contributed by atoms with Crippen LogP contribution in [0.3, 0.4) is 0 Å². The Morgan fingerprint density at radius 1 is 1.27 bits per heavy atom. The molecule has 0 bridgehead atoms. The summed E-state index contributed by atoms with van der Waals surface area (Å²) in [6, 6.07) is 7.80. The van der Waals surface area contributed by atoms with E-state index in [0.29, 0.717) is 18.7 Å². The second kappa shape index (κ2) is 8.49. The molecule has 2 aliphatic rings. The molecule has 0 radical (unpaired) electrons. The Kier molecular flexibility index (Phi) is 5.61. The van der Waals surface area contributed by atoms with Gasteiger partial charge in [0.15, 0.2) is 0 Å². The SMILES string of the molecule is C=CC(=O)N1CCC(Nc2cnc3c(n2)C(c2cccc(C(=O)NC)c2)=CC3)CC1. The van der Waals surface area contributed by atoms with Crippen molar-refractivity contribution >= 4 is 23.2 Å². The average Bonchev–Trinajstić information content (AvgIpc) is 3.22. The van der Waals surface area contributed by atoms with Crippen LogP contribution in [0.5, 0.6) is 0 Å². The zero-order valence-electron chi connectivity index (χ0n) is 17.0. The number of carbonyl (C=O) groups excluding carboxylic acids is 2. The van der Waals surface area contributed by atoms with E-state index < -0.39 is 0 Å². The first-order valence-electron chi connectivity index (χ1n) is 10.2. The van der Waals surface area contributed by atoms with E-state index in [1.807, 2.05) is 23.1 Å². The third-order valence-corrected chi connectivity index (χ3v) is 5.60. The number of aromatic nitrogens is 2. The van der Waals surface area contributed by atoms with Crippen LogP contribution in [0.2, 0.25) is 0 Å². The van der Waals surface area contributed by atoms with Crippen molar-refractivity contribution in [1.82, 2.24) is 20.2 Å². The number of hydrogen-bond donors (Lipinski definition) is 2. The summed E-state index contributed by atoms with van der Waals surface area (Å²) in [5.41, 5.74) is 4.36. The van der Waals surface area contributed by atoms with Crippen molar-refractivity contribution in [3.05, 3.63) is 71.7 Å². The van der Waals surface area contributed by atoms with Crippen LogP contribution in [0.4, 0.5) is 5.82 Å². The molecule has 1 saturated heterocycles. The number of rotatable bonds is 5. The molecule has 1 fully saturated rings. The zero-order chi connectivity index (χ0) is 21.1. The lowest BCUT2D eigenvalue weighted by molar-refractivity contribution is -0.126. The van der Waals surface area contributed by atoms with Gasteiger partial charge in [0, 0.05) is 43.7 Å². The Morgan fingerprint density at radius 3 is 2.80 bits per heavy atom.